The minimum absolute atomic E-state index is 0.0696. The average Bonchev–Trinajstić information content (AvgIpc) is 2.95. The Kier molecular flexibility index (Phi) is 7.76. The first-order chi connectivity index (χ1) is 16.5. The van der Waals surface area contributed by atoms with Gasteiger partial charge in [0.05, 0.1) is 32.5 Å². The lowest BCUT2D eigenvalue weighted by Gasteiger charge is -2.22. The molecule has 1 fully saturated rings. The van der Waals surface area contributed by atoms with Crippen LogP contribution in [0.5, 0.6) is 0 Å². The van der Waals surface area contributed by atoms with Crippen LogP contribution in [-0.4, -0.2) is 68.2 Å². The van der Waals surface area contributed by atoms with Gasteiger partial charge in [0.1, 0.15) is 12.6 Å². The molecule has 4 rings (SSSR count). The van der Waals surface area contributed by atoms with E-state index < -0.39 is 24.0 Å². The van der Waals surface area contributed by atoms with Crippen molar-refractivity contribution in [2.75, 3.05) is 33.0 Å². The molecule has 1 heterocycles. The summed E-state index contributed by atoms with van der Waals surface area (Å²) in [5.41, 5.74) is 4.37. The molecule has 0 bridgehead atoms. The molecule has 2 aromatic rings. The molecule has 1 aliphatic carbocycles. The third-order valence-corrected chi connectivity index (χ3v) is 5.96. The number of nitrogens with one attached hydrogen (secondary N) is 2. The molecule has 9 nitrogen and oxygen atoms in total. The van der Waals surface area contributed by atoms with E-state index in [1.165, 1.54) is 0 Å². The summed E-state index contributed by atoms with van der Waals surface area (Å²) in [6.07, 6.45) is -1.13. The Morgan fingerprint density at radius 1 is 0.971 bits per heavy atom. The van der Waals surface area contributed by atoms with Crippen LogP contribution in [0.1, 0.15) is 29.9 Å². The lowest BCUT2D eigenvalue weighted by molar-refractivity contribution is -0.137. The quantitative estimate of drug-likeness (QED) is 0.543. The molecule has 1 unspecified atom stereocenters. The maximum Gasteiger partial charge on any atom is 0.407 e. The van der Waals surface area contributed by atoms with Crippen molar-refractivity contribution in [3.05, 3.63) is 59.7 Å². The highest BCUT2D eigenvalue weighted by atomic mass is 16.5. The van der Waals surface area contributed by atoms with E-state index in [9.17, 15) is 14.4 Å². The van der Waals surface area contributed by atoms with E-state index in [0.717, 1.165) is 22.3 Å². The van der Waals surface area contributed by atoms with Crippen molar-refractivity contribution >= 4 is 18.0 Å². The summed E-state index contributed by atoms with van der Waals surface area (Å²) in [6.45, 7) is 1.53. The average molecular weight is 469 g/mol. The molecule has 1 aliphatic heterocycles. The van der Waals surface area contributed by atoms with Crippen LogP contribution in [0.15, 0.2) is 48.5 Å². The highest BCUT2D eigenvalue weighted by Crippen LogP contribution is 2.44. The molecular weight excluding hydrogens is 440 g/mol. The fraction of sp³-hybridized carbons (Fsp3) is 0.400. The largest absolute Gasteiger partial charge is 0.481 e. The minimum Gasteiger partial charge on any atom is -0.481 e. The summed E-state index contributed by atoms with van der Waals surface area (Å²) in [6, 6.07) is 14.5. The van der Waals surface area contributed by atoms with Crippen molar-refractivity contribution in [1.29, 1.82) is 0 Å². The van der Waals surface area contributed by atoms with Crippen LogP contribution >= 0.6 is 0 Å². The van der Waals surface area contributed by atoms with Gasteiger partial charge in [-0.3, -0.25) is 9.59 Å². The van der Waals surface area contributed by atoms with Crippen LogP contribution in [0.25, 0.3) is 11.1 Å². The van der Waals surface area contributed by atoms with Gasteiger partial charge in [0.25, 0.3) is 0 Å². The van der Waals surface area contributed by atoms with Gasteiger partial charge in [0.2, 0.25) is 5.91 Å². The Morgan fingerprint density at radius 3 is 2.15 bits per heavy atom. The van der Waals surface area contributed by atoms with Crippen molar-refractivity contribution in [1.82, 2.24) is 10.6 Å². The van der Waals surface area contributed by atoms with Gasteiger partial charge in [-0.25, -0.2) is 4.79 Å². The molecule has 180 valence electrons. The SMILES string of the molecule is O=C(O)CCC(NC(=O)OCC1c2ccccc2-c2ccccc21)C(=O)NC1COCCOC1. The van der Waals surface area contributed by atoms with Crippen molar-refractivity contribution in [3.63, 3.8) is 0 Å². The Labute approximate surface area is 197 Å². The molecule has 0 saturated carbocycles. The smallest absolute Gasteiger partial charge is 0.407 e. The van der Waals surface area contributed by atoms with E-state index in [1.807, 2.05) is 48.5 Å². The van der Waals surface area contributed by atoms with Crippen LogP contribution in [-0.2, 0) is 23.8 Å². The van der Waals surface area contributed by atoms with E-state index in [2.05, 4.69) is 10.6 Å². The van der Waals surface area contributed by atoms with E-state index in [0.29, 0.717) is 13.2 Å². The number of carbonyl (C=O) groups is 3. The Hall–Kier alpha value is -3.43. The van der Waals surface area contributed by atoms with Crippen molar-refractivity contribution in [2.24, 2.45) is 0 Å². The highest BCUT2D eigenvalue weighted by molar-refractivity contribution is 5.86. The Morgan fingerprint density at radius 2 is 1.56 bits per heavy atom. The first-order valence-corrected chi connectivity index (χ1v) is 11.3. The second-order valence-electron chi connectivity index (χ2n) is 8.31. The number of hydrogen-bond donors (Lipinski definition) is 3. The number of hydrogen-bond acceptors (Lipinski definition) is 6. The highest BCUT2D eigenvalue weighted by Gasteiger charge is 2.30. The van der Waals surface area contributed by atoms with Crippen LogP contribution in [0.2, 0.25) is 0 Å². The number of fused-ring (bicyclic) bond motifs is 3. The summed E-state index contributed by atoms with van der Waals surface area (Å²) < 4.78 is 16.3. The van der Waals surface area contributed by atoms with Crippen LogP contribution in [0, 0.1) is 0 Å². The van der Waals surface area contributed by atoms with Crippen LogP contribution in [0.4, 0.5) is 4.79 Å². The van der Waals surface area contributed by atoms with Crippen LogP contribution in [0.3, 0.4) is 0 Å². The van der Waals surface area contributed by atoms with Gasteiger partial charge in [0.15, 0.2) is 0 Å². The summed E-state index contributed by atoms with van der Waals surface area (Å²) in [4.78, 5) is 36.5. The zero-order valence-corrected chi connectivity index (χ0v) is 18.7. The number of carbonyl (C=O) groups excluding carboxylic acids is 2. The molecule has 2 aliphatic rings. The summed E-state index contributed by atoms with van der Waals surface area (Å²) in [5, 5.41) is 14.3. The number of benzene rings is 2. The standard InChI is InChI=1S/C25H28N2O7/c28-23(29)10-9-22(24(30)26-16-13-32-11-12-33-14-16)27-25(31)34-15-21-19-7-3-1-5-17(19)18-6-2-4-8-20(18)21/h1-8,16,21-22H,9-15H2,(H,26,30)(H,27,31)(H,28,29). The number of carboxylic acid groups (broad SMARTS) is 1. The van der Waals surface area contributed by atoms with Gasteiger partial charge in [-0.15, -0.1) is 0 Å². The molecule has 2 aromatic carbocycles. The Bertz CT molecular complexity index is 988. The zero-order valence-electron chi connectivity index (χ0n) is 18.7. The second-order valence-corrected chi connectivity index (χ2v) is 8.31. The first kappa shape index (κ1) is 23.7. The summed E-state index contributed by atoms with van der Waals surface area (Å²) in [5.74, 6) is -1.69. The van der Waals surface area contributed by atoms with E-state index >= 15 is 0 Å². The lowest BCUT2D eigenvalue weighted by atomic mass is 9.98. The summed E-state index contributed by atoms with van der Waals surface area (Å²) in [7, 11) is 0. The Balaban J connectivity index is 1.38. The number of ether oxygens (including phenoxy) is 3. The topological polar surface area (TPSA) is 123 Å². The third-order valence-electron chi connectivity index (χ3n) is 5.96. The molecule has 2 amide bonds. The molecule has 34 heavy (non-hydrogen) atoms. The lowest BCUT2D eigenvalue weighted by Crippen LogP contribution is -2.51. The molecule has 0 spiro atoms. The maximum atomic E-state index is 12.8. The number of rotatable bonds is 8. The van der Waals surface area contributed by atoms with Crippen molar-refractivity contribution < 1.29 is 33.7 Å². The third kappa shape index (κ3) is 5.73. The number of alkyl carbamates (subject to hydrolysis) is 1. The van der Waals surface area contributed by atoms with E-state index in [4.69, 9.17) is 19.3 Å². The number of carboxylic acids is 1. The number of amides is 2. The number of aliphatic carboxylic acids is 1. The van der Waals surface area contributed by atoms with E-state index in [1.54, 1.807) is 0 Å². The molecule has 0 aromatic heterocycles. The summed E-state index contributed by atoms with van der Waals surface area (Å²) >= 11 is 0. The predicted molar refractivity (Wildman–Crippen MR) is 122 cm³/mol. The van der Waals surface area contributed by atoms with Crippen LogP contribution < -0.4 is 10.6 Å². The monoisotopic (exact) mass is 468 g/mol. The molecule has 3 N–H and O–H groups in total. The molecule has 9 heteroatoms. The second kappa shape index (κ2) is 11.1. The van der Waals surface area contributed by atoms with Gasteiger partial charge in [-0.2, -0.15) is 0 Å². The van der Waals surface area contributed by atoms with Gasteiger partial charge in [-0.05, 0) is 28.7 Å². The normalized spacial score (nSPS) is 16.6. The first-order valence-electron chi connectivity index (χ1n) is 11.3. The van der Waals surface area contributed by atoms with Gasteiger partial charge < -0.3 is 30.0 Å². The maximum absolute atomic E-state index is 12.8. The fourth-order valence-corrected chi connectivity index (χ4v) is 4.32. The predicted octanol–water partition coefficient (Wildman–Crippen LogP) is 2.29. The van der Waals surface area contributed by atoms with Gasteiger partial charge in [0, 0.05) is 12.3 Å². The van der Waals surface area contributed by atoms with E-state index in [-0.39, 0.29) is 44.6 Å². The molecular formula is C25H28N2O7. The van der Waals surface area contributed by atoms with Crippen molar-refractivity contribution in [3.8, 4) is 11.1 Å². The van der Waals surface area contributed by atoms with Gasteiger partial charge >= 0.3 is 12.1 Å². The molecule has 1 saturated heterocycles. The minimum atomic E-state index is -1.06. The molecule has 1 atom stereocenters. The molecule has 0 radical (unpaired) electrons. The van der Waals surface area contributed by atoms with Gasteiger partial charge in [-0.1, -0.05) is 48.5 Å². The zero-order chi connectivity index (χ0) is 23.9. The fourth-order valence-electron chi connectivity index (χ4n) is 4.32. The van der Waals surface area contributed by atoms with Crippen molar-refractivity contribution in [2.45, 2.75) is 30.8 Å².